The van der Waals surface area contributed by atoms with Crippen molar-refractivity contribution in [1.29, 1.82) is 0 Å². The summed E-state index contributed by atoms with van der Waals surface area (Å²) in [6.07, 6.45) is 0.174. The van der Waals surface area contributed by atoms with Crippen LogP contribution in [0.5, 0.6) is 0 Å². The number of rotatable bonds is 6. The third-order valence-corrected chi connectivity index (χ3v) is 4.14. The van der Waals surface area contributed by atoms with Gasteiger partial charge in [0.1, 0.15) is 11.5 Å². The van der Waals surface area contributed by atoms with Gasteiger partial charge in [-0.15, -0.1) is 0 Å². The molecule has 2 rings (SSSR count). The Morgan fingerprint density at radius 3 is 2.91 bits per heavy atom. The third kappa shape index (κ3) is 4.04. The Balaban J connectivity index is 2.20. The molecular weight excluding hydrogens is 379 g/mol. The molecule has 10 heteroatoms. The number of amides is 1. The van der Waals surface area contributed by atoms with Gasteiger partial charge in [0.2, 0.25) is 5.91 Å². The quantitative estimate of drug-likeness (QED) is 0.338. The zero-order valence-electron chi connectivity index (χ0n) is 11.0. The number of hydrogen-bond donors (Lipinski definition) is 2. The number of benzene rings is 1. The summed E-state index contributed by atoms with van der Waals surface area (Å²) in [6.45, 7) is 0. The number of nitrogens with two attached hydrogens (primary N) is 1. The average molecular weight is 389 g/mol. The highest BCUT2D eigenvalue weighted by atomic mass is 79.9. The normalized spacial score (nSPS) is 11.6. The molecule has 0 atom stereocenters. The topological polar surface area (TPSA) is 115 Å². The molecule has 0 spiro atoms. The van der Waals surface area contributed by atoms with Crippen LogP contribution in [0.4, 0.5) is 4.39 Å². The Morgan fingerprint density at radius 2 is 2.27 bits per heavy atom. The molecular formula is C12H10BrFN4O3S. The molecule has 1 aromatic heterocycles. The van der Waals surface area contributed by atoms with Gasteiger partial charge in [0.25, 0.3) is 0 Å². The van der Waals surface area contributed by atoms with E-state index in [1.807, 2.05) is 0 Å². The number of oxime groups is 1. The molecule has 7 nitrogen and oxygen atoms in total. The van der Waals surface area contributed by atoms with Gasteiger partial charge >= 0.3 is 0 Å². The van der Waals surface area contributed by atoms with Gasteiger partial charge in [-0.2, -0.15) is 0 Å². The summed E-state index contributed by atoms with van der Waals surface area (Å²) in [5, 5.41) is 19.9. The van der Waals surface area contributed by atoms with Gasteiger partial charge in [0, 0.05) is 6.42 Å². The predicted octanol–water partition coefficient (Wildman–Crippen LogP) is 1.97. The lowest BCUT2D eigenvalue weighted by Crippen LogP contribution is -2.14. The fourth-order valence-electron chi connectivity index (χ4n) is 1.60. The van der Waals surface area contributed by atoms with Gasteiger partial charge in [0.05, 0.1) is 10.2 Å². The fourth-order valence-corrected chi connectivity index (χ4v) is 2.68. The molecule has 0 aliphatic heterocycles. The van der Waals surface area contributed by atoms with Gasteiger partial charge in [0.15, 0.2) is 10.7 Å². The third-order valence-electron chi connectivity index (χ3n) is 2.56. The van der Waals surface area contributed by atoms with Gasteiger partial charge < -0.3 is 10.9 Å². The van der Waals surface area contributed by atoms with Crippen molar-refractivity contribution in [2.45, 2.75) is 11.4 Å². The minimum Gasteiger partial charge on any atom is -0.411 e. The summed E-state index contributed by atoms with van der Waals surface area (Å²) >= 11 is 4.10. The summed E-state index contributed by atoms with van der Waals surface area (Å²) in [5.41, 5.74) is 6.13. The molecule has 22 heavy (non-hydrogen) atoms. The maximum Gasteiger partial charge on any atom is 0.227 e. The van der Waals surface area contributed by atoms with Crippen LogP contribution in [0.2, 0.25) is 0 Å². The van der Waals surface area contributed by atoms with Crippen LogP contribution in [0, 0.1) is 5.82 Å². The summed E-state index contributed by atoms with van der Waals surface area (Å²) in [5.74, 6) is -0.932. The first-order valence-corrected chi connectivity index (χ1v) is 7.68. The lowest BCUT2D eigenvalue weighted by Gasteiger charge is -2.04. The number of aromatic nitrogens is 2. The lowest BCUT2D eigenvalue weighted by atomic mass is 10.1. The van der Waals surface area contributed by atoms with Crippen LogP contribution in [0.1, 0.15) is 11.3 Å². The molecule has 0 aliphatic rings. The Labute approximate surface area is 136 Å². The SMILES string of the molecule is NC(=O)CSc1nonc1/C(Cc1ccc(F)c(Br)c1)=N/O. The van der Waals surface area contributed by atoms with Crippen LogP contribution in [0.3, 0.4) is 0 Å². The van der Waals surface area contributed by atoms with E-state index in [4.69, 9.17) is 5.73 Å². The number of carbonyl (C=O) groups is 1. The second-order valence-corrected chi connectivity index (χ2v) is 5.96. The molecule has 0 fully saturated rings. The van der Waals surface area contributed by atoms with Crippen molar-refractivity contribution in [3.8, 4) is 0 Å². The number of primary amides is 1. The largest absolute Gasteiger partial charge is 0.411 e. The first-order chi connectivity index (χ1) is 10.5. The molecule has 2 aromatic rings. The first kappa shape index (κ1) is 16.4. The number of carbonyl (C=O) groups excluding carboxylic acids is 1. The minimum atomic E-state index is -0.524. The summed E-state index contributed by atoms with van der Waals surface area (Å²) in [7, 11) is 0. The van der Waals surface area contributed by atoms with E-state index in [1.165, 1.54) is 6.07 Å². The molecule has 1 heterocycles. The molecule has 116 valence electrons. The molecule has 0 aliphatic carbocycles. The summed E-state index contributed by atoms with van der Waals surface area (Å²) in [6, 6.07) is 4.40. The van der Waals surface area contributed by atoms with Crippen LogP contribution >= 0.6 is 27.7 Å². The summed E-state index contributed by atoms with van der Waals surface area (Å²) in [4.78, 5) is 10.8. The molecule has 3 N–H and O–H groups in total. The maximum atomic E-state index is 13.2. The van der Waals surface area contributed by atoms with Crippen LogP contribution in [0.15, 0.2) is 37.5 Å². The fraction of sp³-hybridized carbons (Fsp3) is 0.167. The summed E-state index contributed by atoms with van der Waals surface area (Å²) < 4.78 is 18.1. The van der Waals surface area contributed by atoms with Crippen LogP contribution in [0.25, 0.3) is 0 Å². The van der Waals surface area contributed by atoms with E-state index in [2.05, 4.69) is 36.0 Å². The molecule has 1 aromatic carbocycles. The smallest absolute Gasteiger partial charge is 0.227 e. The standard InChI is InChI=1S/C12H10BrFN4O3S/c13-7-3-6(1-2-8(7)14)4-9(16-20)11-12(18-21-17-11)22-5-10(15)19/h1-3,20H,4-5H2,(H2,15,19)/b16-9+. The minimum absolute atomic E-state index is 0.0119. The Hall–Kier alpha value is -1.94. The number of thioether (sulfide) groups is 1. The first-order valence-electron chi connectivity index (χ1n) is 5.90. The van der Waals surface area contributed by atoms with E-state index in [9.17, 15) is 14.4 Å². The lowest BCUT2D eigenvalue weighted by molar-refractivity contribution is -0.115. The van der Waals surface area contributed by atoms with Gasteiger partial charge in [-0.25, -0.2) is 9.02 Å². The van der Waals surface area contributed by atoms with Crippen molar-refractivity contribution >= 4 is 39.3 Å². The Bertz CT molecular complexity index is 722. The zero-order valence-corrected chi connectivity index (χ0v) is 13.4. The molecule has 0 radical (unpaired) electrons. The van der Waals surface area contributed by atoms with E-state index < -0.39 is 11.7 Å². The van der Waals surface area contributed by atoms with Crippen molar-refractivity contribution in [1.82, 2.24) is 10.3 Å². The van der Waals surface area contributed by atoms with E-state index in [1.54, 1.807) is 12.1 Å². The van der Waals surface area contributed by atoms with Crippen molar-refractivity contribution in [2.24, 2.45) is 10.9 Å². The van der Waals surface area contributed by atoms with E-state index >= 15 is 0 Å². The highest BCUT2D eigenvalue weighted by molar-refractivity contribution is 9.10. The second kappa shape index (κ2) is 7.36. The molecule has 0 unspecified atom stereocenters. The molecule has 1 amide bonds. The van der Waals surface area contributed by atoms with Gasteiger partial charge in [-0.1, -0.05) is 23.0 Å². The predicted molar refractivity (Wildman–Crippen MR) is 80.3 cm³/mol. The second-order valence-electron chi connectivity index (χ2n) is 4.14. The Morgan fingerprint density at radius 1 is 1.50 bits per heavy atom. The van der Waals surface area contributed by atoms with Crippen molar-refractivity contribution < 1.29 is 19.0 Å². The van der Waals surface area contributed by atoms with Gasteiger partial charge in [-0.05, 0) is 43.9 Å². The van der Waals surface area contributed by atoms with Crippen LogP contribution in [-0.4, -0.2) is 32.9 Å². The monoisotopic (exact) mass is 388 g/mol. The van der Waals surface area contributed by atoms with E-state index in [0.29, 0.717) is 10.0 Å². The number of nitrogens with zero attached hydrogens (tertiary/aromatic N) is 3. The van der Waals surface area contributed by atoms with Crippen molar-refractivity contribution in [3.05, 3.63) is 39.7 Å². The molecule has 0 bridgehead atoms. The highest BCUT2D eigenvalue weighted by Crippen LogP contribution is 2.22. The van der Waals surface area contributed by atoms with Gasteiger partial charge in [-0.3, -0.25) is 4.79 Å². The number of halogens is 2. The van der Waals surface area contributed by atoms with Crippen LogP contribution in [-0.2, 0) is 11.2 Å². The van der Waals surface area contributed by atoms with Crippen molar-refractivity contribution in [3.63, 3.8) is 0 Å². The molecule has 0 saturated carbocycles. The molecule has 0 saturated heterocycles. The Kier molecular flexibility index (Phi) is 5.50. The highest BCUT2D eigenvalue weighted by Gasteiger charge is 2.19. The van der Waals surface area contributed by atoms with Crippen molar-refractivity contribution in [2.75, 3.05) is 5.75 Å². The maximum absolute atomic E-state index is 13.2. The van der Waals surface area contributed by atoms with E-state index in [-0.39, 0.29) is 28.6 Å². The number of hydrogen-bond acceptors (Lipinski definition) is 7. The van der Waals surface area contributed by atoms with Crippen LogP contribution < -0.4 is 5.73 Å². The van der Waals surface area contributed by atoms with E-state index in [0.717, 1.165) is 11.8 Å². The average Bonchev–Trinajstić information content (AvgIpc) is 2.94. The zero-order chi connectivity index (χ0) is 16.1.